The molecule has 1 unspecified atom stereocenters. The van der Waals surface area contributed by atoms with Gasteiger partial charge in [-0.3, -0.25) is 0 Å². The highest BCUT2D eigenvalue weighted by molar-refractivity contribution is 5.84. The minimum Gasteiger partial charge on any atom is -0.502 e. The van der Waals surface area contributed by atoms with Crippen LogP contribution in [0.15, 0.2) is 46.8 Å². The van der Waals surface area contributed by atoms with Gasteiger partial charge in [0.25, 0.3) is 0 Å². The lowest BCUT2D eigenvalue weighted by atomic mass is 10.1. The Kier molecular flexibility index (Phi) is 2.84. The Morgan fingerprint density at radius 2 is 2.06 bits per heavy atom. The molecule has 88 valence electrons. The number of carbonyl (C=O) groups is 1. The van der Waals surface area contributed by atoms with Crippen LogP contribution in [0.4, 0.5) is 0 Å². The predicted molar refractivity (Wildman–Crippen MR) is 59.5 cm³/mol. The zero-order valence-corrected chi connectivity index (χ0v) is 8.70. The summed E-state index contributed by atoms with van der Waals surface area (Å²) in [6.07, 6.45) is 1.21. The molecule has 0 bridgehead atoms. The third-order valence-corrected chi connectivity index (χ3v) is 2.35. The van der Waals surface area contributed by atoms with Crippen LogP contribution in [0.5, 0.6) is 0 Å². The van der Waals surface area contributed by atoms with E-state index in [4.69, 9.17) is 14.6 Å². The Morgan fingerprint density at radius 1 is 1.29 bits per heavy atom. The molecule has 0 amide bonds. The SMILES string of the molecule is O=C(O)/C(O)=C\C(O)c1ccc2occc2c1. The van der Waals surface area contributed by atoms with E-state index in [0.29, 0.717) is 11.1 Å². The first-order chi connectivity index (χ1) is 8.08. The molecule has 1 aromatic carbocycles. The molecule has 0 spiro atoms. The molecule has 0 saturated carbocycles. The molecule has 5 heteroatoms. The van der Waals surface area contributed by atoms with Crippen molar-refractivity contribution in [1.29, 1.82) is 0 Å². The highest BCUT2D eigenvalue weighted by Crippen LogP contribution is 2.22. The average molecular weight is 234 g/mol. The number of aliphatic carboxylic acids is 1. The summed E-state index contributed by atoms with van der Waals surface area (Å²) in [7, 11) is 0. The molecule has 1 atom stereocenters. The van der Waals surface area contributed by atoms with Crippen molar-refractivity contribution in [3.05, 3.63) is 47.9 Å². The first kappa shape index (κ1) is 11.2. The summed E-state index contributed by atoms with van der Waals surface area (Å²) in [5.74, 6) is -2.36. The van der Waals surface area contributed by atoms with Gasteiger partial charge < -0.3 is 19.7 Å². The number of hydrogen-bond donors (Lipinski definition) is 3. The van der Waals surface area contributed by atoms with Crippen LogP contribution >= 0.6 is 0 Å². The molecule has 0 fully saturated rings. The quantitative estimate of drug-likeness (QED) is 0.558. The van der Waals surface area contributed by atoms with Crippen LogP contribution < -0.4 is 0 Å². The Bertz CT molecular complexity index is 581. The summed E-state index contributed by atoms with van der Waals surface area (Å²) in [4.78, 5) is 10.4. The average Bonchev–Trinajstić information content (AvgIpc) is 2.75. The fraction of sp³-hybridized carbons (Fsp3) is 0.0833. The topological polar surface area (TPSA) is 90.9 Å². The number of benzene rings is 1. The molecule has 3 N–H and O–H groups in total. The van der Waals surface area contributed by atoms with Gasteiger partial charge in [-0.1, -0.05) is 6.07 Å². The number of aliphatic hydroxyl groups is 2. The van der Waals surface area contributed by atoms with Crippen molar-refractivity contribution in [2.45, 2.75) is 6.10 Å². The van der Waals surface area contributed by atoms with E-state index >= 15 is 0 Å². The first-order valence-electron chi connectivity index (χ1n) is 4.87. The maximum absolute atomic E-state index is 10.4. The molecule has 2 rings (SSSR count). The second-order valence-electron chi connectivity index (χ2n) is 3.52. The van der Waals surface area contributed by atoms with Crippen LogP contribution in [0, 0.1) is 0 Å². The normalized spacial score (nSPS) is 13.8. The standard InChI is InChI=1S/C12H10O5/c13-9(6-10(14)12(15)16)7-1-2-11-8(5-7)3-4-17-11/h1-6,9,13-14H,(H,15,16)/b10-6+. The molecule has 2 aromatic rings. The van der Waals surface area contributed by atoms with E-state index in [9.17, 15) is 9.90 Å². The Hall–Kier alpha value is -2.27. The van der Waals surface area contributed by atoms with Crippen LogP contribution in [-0.2, 0) is 4.79 Å². The smallest absolute Gasteiger partial charge is 0.370 e. The van der Waals surface area contributed by atoms with Crippen molar-refractivity contribution in [3.63, 3.8) is 0 Å². The maximum Gasteiger partial charge on any atom is 0.370 e. The third-order valence-electron chi connectivity index (χ3n) is 2.35. The van der Waals surface area contributed by atoms with Crippen LogP contribution in [0.3, 0.4) is 0 Å². The van der Waals surface area contributed by atoms with Crippen molar-refractivity contribution < 1.29 is 24.5 Å². The molecule has 1 aromatic heterocycles. The largest absolute Gasteiger partial charge is 0.502 e. The molecule has 0 radical (unpaired) electrons. The van der Waals surface area contributed by atoms with Gasteiger partial charge in [-0.15, -0.1) is 0 Å². The summed E-state index contributed by atoms with van der Waals surface area (Å²) >= 11 is 0. The zero-order chi connectivity index (χ0) is 12.4. The van der Waals surface area contributed by atoms with Gasteiger partial charge in [-0.2, -0.15) is 0 Å². The second-order valence-corrected chi connectivity index (χ2v) is 3.52. The van der Waals surface area contributed by atoms with E-state index in [2.05, 4.69) is 0 Å². The van der Waals surface area contributed by atoms with Gasteiger partial charge in [0, 0.05) is 5.39 Å². The summed E-state index contributed by atoms with van der Waals surface area (Å²) in [5, 5.41) is 28.0. The minimum atomic E-state index is -1.48. The van der Waals surface area contributed by atoms with E-state index in [1.54, 1.807) is 24.3 Å². The van der Waals surface area contributed by atoms with E-state index in [1.165, 1.54) is 6.26 Å². The molecule has 0 aliphatic heterocycles. The van der Waals surface area contributed by atoms with Crippen molar-refractivity contribution >= 4 is 16.9 Å². The molecular formula is C12H10O5. The molecule has 0 aliphatic rings. The monoisotopic (exact) mass is 234 g/mol. The summed E-state index contributed by atoms with van der Waals surface area (Å²) in [6.45, 7) is 0. The van der Waals surface area contributed by atoms with E-state index < -0.39 is 17.8 Å². The molecular weight excluding hydrogens is 224 g/mol. The molecule has 0 aliphatic carbocycles. The van der Waals surface area contributed by atoms with Crippen molar-refractivity contribution in [1.82, 2.24) is 0 Å². The number of hydrogen-bond acceptors (Lipinski definition) is 4. The number of rotatable bonds is 3. The van der Waals surface area contributed by atoms with Gasteiger partial charge in [0.15, 0.2) is 0 Å². The highest BCUT2D eigenvalue weighted by Gasteiger charge is 2.11. The van der Waals surface area contributed by atoms with E-state index in [0.717, 1.165) is 11.5 Å². The van der Waals surface area contributed by atoms with Gasteiger partial charge in [0.1, 0.15) is 11.7 Å². The van der Waals surface area contributed by atoms with E-state index in [-0.39, 0.29) is 0 Å². The maximum atomic E-state index is 10.4. The Labute approximate surface area is 96.2 Å². The molecule has 5 nitrogen and oxygen atoms in total. The first-order valence-corrected chi connectivity index (χ1v) is 4.87. The lowest BCUT2D eigenvalue weighted by molar-refractivity contribution is -0.135. The number of fused-ring (bicyclic) bond motifs is 1. The highest BCUT2D eigenvalue weighted by atomic mass is 16.4. The van der Waals surface area contributed by atoms with Gasteiger partial charge in [0.2, 0.25) is 5.76 Å². The van der Waals surface area contributed by atoms with E-state index in [1.807, 2.05) is 0 Å². The number of furan rings is 1. The lowest BCUT2D eigenvalue weighted by Crippen LogP contribution is -2.02. The van der Waals surface area contributed by atoms with Crippen LogP contribution in [0.2, 0.25) is 0 Å². The summed E-state index contributed by atoms with van der Waals surface area (Å²) < 4.78 is 5.13. The number of carboxylic acids is 1. The second kappa shape index (κ2) is 4.31. The minimum absolute atomic E-state index is 0.478. The van der Waals surface area contributed by atoms with Gasteiger partial charge >= 0.3 is 5.97 Å². The van der Waals surface area contributed by atoms with Crippen molar-refractivity contribution in [3.8, 4) is 0 Å². The number of carboxylic acid groups (broad SMARTS) is 1. The fourth-order valence-electron chi connectivity index (χ4n) is 1.49. The molecule has 17 heavy (non-hydrogen) atoms. The Morgan fingerprint density at radius 3 is 2.76 bits per heavy atom. The van der Waals surface area contributed by atoms with Crippen LogP contribution in [-0.4, -0.2) is 21.3 Å². The zero-order valence-electron chi connectivity index (χ0n) is 8.70. The molecule has 1 heterocycles. The molecule has 0 saturated heterocycles. The van der Waals surface area contributed by atoms with Crippen LogP contribution in [0.25, 0.3) is 11.0 Å². The summed E-state index contributed by atoms with van der Waals surface area (Å²) in [6, 6.07) is 6.66. The Balaban J connectivity index is 2.33. The van der Waals surface area contributed by atoms with Crippen LogP contribution in [0.1, 0.15) is 11.7 Å². The third kappa shape index (κ3) is 2.29. The van der Waals surface area contributed by atoms with Crippen molar-refractivity contribution in [2.75, 3.05) is 0 Å². The predicted octanol–water partition coefficient (Wildman–Crippen LogP) is 1.99. The number of aliphatic hydroxyl groups excluding tert-OH is 2. The van der Waals surface area contributed by atoms with Gasteiger partial charge in [-0.25, -0.2) is 4.79 Å². The van der Waals surface area contributed by atoms with Gasteiger partial charge in [-0.05, 0) is 29.8 Å². The lowest BCUT2D eigenvalue weighted by Gasteiger charge is -2.06. The van der Waals surface area contributed by atoms with Gasteiger partial charge in [0.05, 0.1) is 6.26 Å². The fourth-order valence-corrected chi connectivity index (χ4v) is 1.49. The summed E-state index contributed by atoms with van der Waals surface area (Å²) in [5.41, 5.74) is 1.15. The van der Waals surface area contributed by atoms with Crippen molar-refractivity contribution in [2.24, 2.45) is 0 Å².